The van der Waals surface area contributed by atoms with Crippen molar-refractivity contribution in [3.8, 4) is 5.75 Å². The molecule has 1 fully saturated rings. The quantitative estimate of drug-likeness (QED) is 0.563. The van der Waals surface area contributed by atoms with E-state index in [2.05, 4.69) is 6.92 Å². The van der Waals surface area contributed by atoms with Crippen LogP contribution in [0.25, 0.3) is 0 Å². The van der Waals surface area contributed by atoms with Gasteiger partial charge in [-0.15, -0.1) is 0 Å². The summed E-state index contributed by atoms with van der Waals surface area (Å²) in [7, 11) is 5.78. The molecule has 2 aliphatic rings. The molecule has 2 amide bonds. The van der Waals surface area contributed by atoms with Gasteiger partial charge < -0.3 is 29.3 Å². The molecule has 1 aromatic rings. The maximum absolute atomic E-state index is 14.1. The number of rotatable bonds is 6. The molecule has 0 unspecified atom stereocenters. The molecule has 4 atom stereocenters. The Bertz CT molecular complexity index is 933. The van der Waals surface area contributed by atoms with E-state index in [1.165, 1.54) is 6.42 Å². The molecule has 0 saturated heterocycles. The summed E-state index contributed by atoms with van der Waals surface area (Å²) in [5, 5.41) is 10.1. The Labute approximate surface area is 235 Å². The van der Waals surface area contributed by atoms with Crippen molar-refractivity contribution in [2.24, 2.45) is 11.8 Å². The van der Waals surface area contributed by atoms with Crippen LogP contribution < -0.4 is 9.64 Å². The molecule has 0 aromatic heterocycles. The number of likely N-dealkylation sites (N-methyl/N-ethyl adjacent to an activating group) is 1. The third-order valence-electron chi connectivity index (χ3n) is 8.34. The smallest absolute Gasteiger partial charge is 0.258 e. The second-order valence-electron chi connectivity index (χ2n) is 11.9. The first-order valence-electron chi connectivity index (χ1n) is 14.9. The van der Waals surface area contributed by atoms with E-state index in [-0.39, 0.29) is 48.5 Å². The number of carbonyl (C=O) groups is 2. The maximum atomic E-state index is 14.1. The molecule has 1 aliphatic carbocycles. The lowest BCUT2D eigenvalue weighted by atomic mass is 9.88. The van der Waals surface area contributed by atoms with Gasteiger partial charge in [0.05, 0.1) is 30.4 Å². The summed E-state index contributed by atoms with van der Waals surface area (Å²) >= 11 is 0. The highest BCUT2D eigenvalue weighted by Gasteiger charge is 2.32. The number of amides is 2. The molecule has 8 heteroatoms. The molecule has 220 valence electrons. The van der Waals surface area contributed by atoms with Crippen LogP contribution in [0.5, 0.6) is 5.75 Å². The van der Waals surface area contributed by atoms with Crippen molar-refractivity contribution in [3.63, 3.8) is 0 Å². The molecule has 0 spiro atoms. The SMILES string of the molecule is C[C@@H]1CCCCO[C@H](CN(C)C(=O)C2CCCCC2)[C@H](C)CN([C@H](C)CO)C(=O)c2cc(N(C)C)ccc2O1. The molecule has 3 rings (SSSR count). The minimum absolute atomic E-state index is 0.0483. The lowest BCUT2D eigenvalue weighted by molar-refractivity contribution is -0.137. The van der Waals surface area contributed by atoms with Gasteiger partial charge in [0.2, 0.25) is 5.91 Å². The summed E-state index contributed by atoms with van der Waals surface area (Å²) in [6, 6.07) is 5.34. The summed E-state index contributed by atoms with van der Waals surface area (Å²) in [4.78, 5) is 32.9. The minimum Gasteiger partial charge on any atom is -0.490 e. The summed E-state index contributed by atoms with van der Waals surface area (Å²) in [6.45, 7) is 7.32. The fourth-order valence-corrected chi connectivity index (χ4v) is 5.67. The van der Waals surface area contributed by atoms with Crippen LogP contribution in [-0.2, 0) is 9.53 Å². The molecule has 39 heavy (non-hydrogen) atoms. The topological polar surface area (TPSA) is 82.6 Å². The van der Waals surface area contributed by atoms with Crippen LogP contribution in [0.3, 0.4) is 0 Å². The average molecular weight is 546 g/mol. The molecule has 1 aliphatic heterocycles. The van der Waals surface area contributed by atoms with Crippen molar-refractivity contribution < 1.29 is 24.2 Å². The molecule has 0 bridgehead atoms. The summed E-state index contributed by atoms with van der Waals surface area (Å²) < 4.78 is 12.7. The molecule has 1 heterocycles. The highest BCUT2D eigenvalue weighted by atomic mass is 16.5. The molecule has 1 saturated carbocycles. The van der Waals surface area contributed by atoms with Crippen molar-refractivity contribution in [2.45, 2.75) is 90.4 Å². The number of anilines is 1. The number of ether oxygens (including phenoxy) is 2. The fraction of sp³-hybridized carbons (Fsp3) is 0.742. The van der Waals surface area contributed by atoms with E-state index >= 15 is 0 Å². The lowest BCUT2D eigenvalue weighted by Gasteiger charge is -2.36. The van der Waals surface area contributed by atoms with Crippen molar-refractivity contribution in [3.05, 3.63) is 23.8 Å². The Morgan fingerprint density at radius 1 is 1.08 bits per heavy atom. The number of hydrogen-bond acceptors (Lipinski definition) is 6. The van der Waals surface area contributed by atoms with Crippen molar-refractivity contribution in [1.29, 1.82) is 0 Å². The second-order valence-corrected chi connectivity index (χ2v) is 11.9. The first-order chi connectivity index (χ1) is 18.6. The minimum atomic E-state index is -0.386. The van der Waals surface area contributed by atoms with Crippen LogP contribution in [0.15, 0.2) is 18.2 Å². The number of benzene rings is 1. The summed E-state index contributed by atoms with van der Waals surface area (Å²) in [5.74, 6) is 0.666. The second kappa shape index (κ2) is 14.9. The zero-order valence-corrected chi connectivity index (χ0v) is 25.0. The Kier molecular flexibility index (Phi) is 11.9. The van der Waals surface area contributed by atoms with Gasteiger partial charge in [-0.3, -0.25) is 9.59 Å². The average Bonchev–Trinajstić information content (AvgIpc) is 2.93. The van der Waals surface area contributed by atoms with E-state index in [4.69, 9.17) is 9.47 Å². The molecule has 8 nitrogen and oxygen atoms in total. The van der Waals surface area contributed by atoms with Gasteiger partial charge >= 0.3 is 0 Å². The highest BCUT2D eigenvalue weighted by Crippen LogP contribution is 2.30. The van der Waals surface area contributed by atoms with Crippen LogP contribution in [0.4, 0.5) is 5.69 Å². The van der Waals surface area contributed by atoms with Gasteiger partial charge in [-0.05, 0) is 64.2 Å². The van der Waals surface area contributed by atoms with Crippen LogP contribution in [0.2, 0.25) is 0 Å². The number of aliphatic hydroxyl groups is 1. The number of carbonyl (C=O) groups excluding carboxylic acids is 2. The van der Waals surface area contributed by atoms with Gasteiger partial charge in [0.1, 0.15) is 5.75 Å². The third kappa shape index (κ3) is 8.58. The molecule has 1 aromatic carbocycles. The van der Waals surface area contributed by atoms with E-state index < -0.39 is 0 Å². The van der Waals surface area contributed by atoms with Gasteiger partial charge in [-0.2, -0.15) is 0 Å². The molecular weight excluding hydrogens is 494 g/mol. The summed E-state index contributed by atoms with van der Waals surface area (Å²) in [5.41, 5.74) is 1.41. The first kappa shape index (κ1) is 31.2. The van der Waals surface area contributed by atoms with E-state index in [0.29, 0.717) is 31.0 Å². The fourth-order valence-electron chi connectivity index (χ4n) is 5.67. The Hall–Kier alpha value is -2.32. The van der Waals surface area contributed by atoms with Gasteiger partial charge in [-0.25, -0.2) is 0 Å². The predicted molar refractivity (Wildman–Crippen MR) is 155 cm³/mol. The number of hydrogen-bond donors (Lipinski definition) is 1. The van der Waals surface area contributed by atoms with E-state index in [1.807, 2.05) is 63.0 Å². The highest BCUT2D eigenvalue weighted by molar-refractivity contribution is 5.98. The van der Waals surface area contributed by atoms with Gasteiger partial charge in [0.25, 0.3) is 5.91 Å². The summed E-state index contributed by atoms with van der Waals surface area (Å²) in [6.07, 6.45) is 7.83. The first-order valence-corrected chi connectivity index (χ1v) is 14.9. The van der Waals surface area contributed by atoms with Crippen molar-refractivity contribution in [1.82, 2.24) is 9.80 Å². The monoisotopic (exact) mass is 545 g/mol. The number of nitrogens with zero attached hydrogens (tertiary/aromatic N) is 3. The van der Waals surface area contributed by atoms with E-state index in [9.17, 15) is 14.7 Å². The normalized spacial score (nSPS) is 24.7. The Balaban J connectivity index is 1.89. The van der Waals surface area contributed by atoms with E-state index in [0.717, 1.165) is 50.6 Å². The van der Waals surface area contributed by atoms with Gasteiger partial charge in [0, 0.05) is 58.4 Å². The molecule has 1 N–H and O–H groups in total. The van der Waals surface area contributed by atoms with Crippen LogP contribution in [0, 0.1) is 11.8 Å². The lowest BCUT2D eigenvalue weighted by Crippen LogP contribution is -2.48. The number of fused-ring (bicyclic) bond motifs is 1. The van der Waals surface area contributed by atoms with Crippen LogP contribution in [-0.4, -0.2) is 92.4 Å². The zero-order chi connectivity index (χ0) is 28.5. The standard InChI is InChI=1S/C31H51N3O5/c1-22-19-34(23(2)21-35)31(37)27-18-26(32(4)5)15-16-28(27)39-24(3)12-10-11-17-38-29(22)20-33(6)30(36)25-13-8-7-9-14-25/h15-16,18,22-25,29,35H,7-14,17,19-21H2,1-6H3/t22-,23-,24-,29-/m1/s1. The molecular formula is C31H51N3O5. The largest absolute Gasteiger partial charge is 0.490 e. The maximum Gasteiger partial charge on any atom is 0.258 e. The van der Waals surface area contributed by atoms with E-state index in [1.54, 1.807) is 4.90 Å². The molecule has 0 radical (unpaired) electrons. The third-order valence-corrected chi connectivity index (χ3v) is 8.34. The van der Waals surface area contributed by atoms with Crippen LogP contribution in [0.1, 0.15) is 82.5 Å². The van der Waals surface area contributed by atoms with Crippen molar-refractivity contribution in [2.75, 3.05) is 52.3 Å². The number of aliphatic hydroxyl groups excluding tert-OH is 1. The van der Waals surface area contributed by atoms with Crippen molar-refractivity contribution >= 4 is 17.5 Å². The Morgan fingerprint density at radius 3 is 2.44 bits per heavy atom. The van der Waals surface area contributed by atoms with Gasteiger partial charge in [0.15, 0.2) is 0 Å². The Morgan fingerprint density at radius 2 is 1.77 bits per heavy atom. The predicted octanol–water partition coefficient (Wildman–Crippen LogP) is 4.59. The van der Waals surface area contributed by atoms with Crippen LogP contribution >= 0.6 is 0 Å². The van der Waals surface area contributed by atoms with Gasteiger partial charge in [-0.1, -0.05) is 26.2 Å². The zero-order valence-electron chi connectivity index (χ0n) is 25.0.